The van der Waals surface area contributed by atoms with Crippen LogP contribution in [-0.2, 0) is 4.79 Å². The molecule has 1 heterocycles. The van der Waals surface area contributed by atoms with E-state index in [-0.39, 0.29) is 30.3 Å². The van der Waals surface area contributed by atoms with Gasteiger partial charge in [-0.3, -0.25) is 9.59 Å². The number of amides is 2. The lowest BCUT2D eigenvalue weighted by molar-refractivity contribution is -0.116. The summed E-state index contributed by atoms with van der Waals surface area (Å²) >= 11 is 0. The first-order valence-corrected chi connectivity index (χ1v) is 8.65. The highest BCUT2D eigenvalue weighted by molar-refractivity contribution is 6.04. The van der Waals surface area contributed by atoms with Gasteiger partial charge in [0.15, 0.2) is 0 Å². The molecule has 2 aliphatic rings. The molecule has 2 amide bonds. The molecule has 25 heavy (non-hydrogen) atoms. The van der Waals surface area contributed by atoms with E-state index < -0.39 is 0 Å². The number of hydrogen-bond donors (Lipinski definition) is 3. The van der Waals surface area contributed by atoms with E-state index in [1.54, 1.807) is 25.3 Å². The highest BCUT2D eigenvalue weighted by Gasteiger charge is 2.25. The molecule has 138 valence electrons. The molecule has 0 aromatic heterocycles. The van der Waals surface area contributed by atoms with E-state index in [2.05, 4.69) is 16.0 Å². The maximum Gasteiger partial charge on any atom is 0.253 e. The van der Waals surface area contributed by atoms with Crippen molar-refractivity contribution in [2.45, 2.75) is 38.1 Å². The third-order valence-electron chi connectivity index (χ3n) is 4.60. The van der Waals surface area contributed by atoms with Gasteiger partial charge < -0.3 is 20.7 Å². The molecule has 1 saturated carbocycles. The van der Waals surface area contributed by atoms with Gasteiger partial charge >= 0.3 is 0 Å². The quantitative estimate of drug-likeness (QED) is 0.691. The van der Waals surface area contributed by atoms with Crippen molar-refractivity contribution in [3.63, 3.8) is 0 Å². The number of carbonyl (C=O) groups excluding carboxylic acids is 2. The average molecular weight is 368 g/mol. The summed E-state index contributed by atoms with van der Waals surface area (Å²) in [6.45, 7) is 2.03. The van der Waals surface area contributed by atoms with Gasteiger partial charge in [0.2, 0.25) is 5.91 Å². The molecule has 0 bridgehead atoms. The minimum absolute atomic E-state index is 0. The van der Waals surface area contributed by atoms with E-state index in [0.29, 0.717) is 29.3 Å². The van der Waals surface area contributed by atoms with Gasteiger partial charge in [-0.15, -0.1) is 12.4 Å². The standard InChI is InChI=1S/C18H25N3O3.ClH/c1-24-14-5-6-16(15(10-14)18(23)20-13-3-4-13)21-17(22)7-2-12-8-9-19-11-12;/h5-6,10,12-13,19H,2-4,7-9,11H2,1H3,(H,20,23)(H,21,22);1H. The molecule has 1 aliphatic heterocycles. The number of rotatable bonds is 7. The lowest BCUT2D eigenvalue weighted by atomic mass is 10.0. The first-order chi connectivity index (χ1) is 11.7. The van der Waals surface area contributed by atoms with E-state index in [4.69, 9.17) is 4.74 Å². The molecule has 1 aromatic rings. The molecule has 1 saturated heterocycles. The number of anilines is 1. The second-order valence-electron chi connectivity index (χ2n) is 6.60. The SMILES string of the molecule is COc1ccc(NC(=O)CCC2CCNC2)c(C(=O)NC2CC2)c1.Cl. The van der Waals surface area contributed by atoms with Crippen LogP contribution in [0.15, 0.2) is 18.2 Å². The van der Waals surface area contributed by atoms with Crippen LogP contribution < -0.4 is 20.7 Å². The smallest absolute Gasteiger partial charge is 0.253 e. The second-order valence-corrected chi connectivity index (χ2v) is 6.60. The van der Waals surface area contributed by atoms with Crippen molar-refractivity contribution < 1.29 is 14.3 Å². The molecule has 7 heteroatoms. The Morgan fingerprint density at radius 2 is 2.08 bits per heavy atom. The molecule has 3 rings (SSSR count). The summed E-state index contributed by atoms with van der Waals surface area (Å²) < 4.78 is 5.20. The van der Waals surface area contributed by atoms with Crippen molar-refractivity contribution in [3.8, 4) is 5.75 Å². The average Bonchev–Trinajstić information content (AvgIpc) is 3.24. The van der Waals surface area contributed by atoms with Crippen LogP contribution in [0.1, 0.15) is 42.5 Å². The number of benzene rings is 1. The number of carbonyl (C=O) groups is 2. The van der Waals surface area contributed by atoms with Crippen molar-refractivity contribution in [3.05, 3.63) is 23.8 Å². The number of hydrogen-bond acceptors (Lipinski definition) is 4. The van der Waals surface area contributed by atoms with Gasteiger partial charge in [0.1, 0.15) is 5.75 Å². The van der Waals surface area contributed by atoms with Gasteiger partial charge in [0.25, 0.3) is 5.91 Å². The molecule has 2 fully saturated rings. The van der Waals surface area contributed by atoms with Crippen LogP contribution >= 0.6 is 12.4 Å². The first kappa shape index (κ1) is 19.5. The fourth-order valence-corrected chi connectivity index (χ4v) is 2.95. The predicted molar refractivity (Wildman–Crippen MR) is 99.6 cm³/mol. The zero-order chi connectivity index (χ0) is 16.9. The second kappa shape index (κ2) is 9.06. The van der Waals surface area contributed by atoms with Crippen LogP contribution in [0.2, 0.25) is 0 Å². The molecular weight excluding hydrogens is 342 g/mol. The minimum atomic E-state index is -0.160. The van der Waals surface area contributed by atoms with Gasteiger partial charge in [-0.25, -0.2) is 0 Å². The zero-order valence-corrected chi connectivity index (χ0v) is 15.3. The fraction of sp³-hybridized carbons (Fsp3) is 0.556. The molecule has 1 aliphatic carbocycles. The van der Waals surface area contributed by atoms with Gasteiger partial charge in [0.05, 0.1) is 18.4 Å². The van der Waals surface area contributed by atoms with Crippen LogP contribution in [0.5, 0.6) is 5.75 Å². The predicted octanol–water partition coefficient (Wildman–Crippen LogP) is 2.34. The third-order valence-corrected chi connectivity index (χ3v) is 4.60. The highest BCUT2D eigenvalue weighted by atomic mass is 35.5. The Kier molecular flexibility index (Phi) is 7.08. The van der Waals surface area contributed by atoms with Crippen molar-refractivity contribution in [1.82, 2.24) is 10.6 Å². The van der Waals surface area contributed by atoms with E-state index in [9.17, 15) is 9.59 Å². The Labute approximate surface area is 154 Å². The lowest BCUT2D eigenvalue weighted by Gasteiger charge is -2.13. The monoisotopic (exact) mass is 367 g/mol. The summed E-state index contributed by atoms with van der Waals surface area (Å²) in [7, 11) is 1.56. The number of halogens is 1. The Morgan fingerprint density at radius 3 is 2.72 bits per heavy atom. The molecule has 3 N–H and O–H groups in total. The molecule has 6 nitrogen and oxygen atoms in total. The van der Waals surface area contributed by atoms with Crippen LogP contribution in [-0.4, -0.2) is 38.1 Å². The summed E-state index contributed by atoms with van der Waals surface area (Å²) in [5, 5.41) is 9.15. The van der Waals surface area contributed by atoms with Crippen molar-refractivity contribution >= 4 is 29.9 Å². The van der Waals surface area contributed by atoms with Crippen molar-refractivity contribution in [2.24, 2.45) is 5.92 Å². The minimum Gasteiger partial charge on any atom is -0.497 e. The molecule has 0 spiro atoms. The Morgan fingerprint density at radius 1 is 1.28 bits per heavy atom. The number of methoxy groups -OCH3 is 1. The maximum absolute atomic E-state index is 12.4. The van der Waals surface area contributed by atoms with E-state index >= 15 is 0 Å². The molecular formula is C18H26ClN3O3. The zero-order valence-electron chi connectivity index (χ0n) is 14.5. The lowest BCUT2D eigenvalue weighted by Crippen LogP contribution is -2.27. The molecule has 1 unspecified atom stereocenters. The number of ether oxygens (including phenoxy) is 1. The summed E-state index contributed by atoms with van der Waals surface area (Å²) in [5.74, 6) is 0.967. The fourth-order valence-electron chi connectivity index (χ4n) is 2.95. The Bertz CT molecular complexity index is 614. The summed E-state index contributed by atoms with van der Waals surface area (Å²) in [5.41, 5.74) is 1.00. The number of nitrogens with one attached hydrogen (secondary N) is 3. The Balaban J connectivity index is 0.00000225. The van der Waals surface area contributed by atoms with Gasteiger partial charge in [-0.05, 0) is 62.9 Å². The Hall–Kier alpha value is -1.79. The van der Waals surface area contributed by atoms with Gasteiger partial charge in [0, 0.05) is 12.5 Å². The van der Waals surface area contributed by atoms with Crippen LogP contribution in [0, 0.1) is 5.92 Å². The normalized spacial score (nSPS) is 19.0. The third kappa shape index (κ3) is 5.61. The van der Waals surface area contributed by atoms with Gasteiger partial charge in [-0.2, -0.15) is 0 Å². The van der Waals surface area contributed by atoms with E-state index in [0.717, 1.165) is 38.8 Å². The summed E-state index contributed by atoms with van der Waals surface area (Å²) in [4.78, 5) is 24.6. The van der Waals surface area contributed by atoms with Crippen molar-refractivity contribution in [1.29, 1.82) is 0 Å². The molecule has 1 atom stereocenters. The van der Waals surface area contributed by atoms with E-state index in [1.165, 1.54) is 0 Å². The van der Waals surface area contributed by atoms with Crippen LogP contribution in [0.3, 0.4) is 0 Å². The first-order valence-electron chi connectivity index (χ1n) is 8.65. The highest BCUT2D eigenvalue weighted by Crippen LogP contribution is 2.25. The topological polar surface area (TPSA) is 79.5 Å². The van der Waals surface area contributed by atoms with Crippen LogP contribution in [0.4, 0.5) is 5.69 Å². The maximum atomic E-state index is 12.4. The molecule has 1 aromatic carbocycles. The largest absolute Gasteiger partial charge is 0.497 e. The van der Waals surface area contributed by atoms with Crippen LogP contribution in [0.25, 0.3) is 0 Å². The van der Waals surface area contributed by atoms with Gasteiger partial charge in [-0.1, -0.05) is 0 Å². The summed E-state index contributed by atoms with van der Waals surface area (Å²) in [6, 6.07) is 5.43. The van der Waals surface area contributed by atoms with Crippen molar-refractivity contribution in [2.75, 3.05) is 25.5 Å². The molecule has 0 radical (unpaired) electrons. The summed E-state index contributed by atoms with van der Waals surface area (Å²) in [6.07, 6.45) is 4.52. The van der Waals surface area contributed by atoms with E-state index in [1.807, 2.05) is 0 Å².